The second-order valence-corrected chi connectivity index (χ2v) is 4.65. The van der Waals surface area contributed by atoms with Crippen LogP contribution in [0.4, 0.5) is 0 Å². The molecule has 1 aliphatic carbocycles. The van der Waals surface area contributed by atoms with E-state index >= 15 is 0 Å². The van der Waals surface area contributed by atoms with E-state index in [9.17, 15) is 0 Å². The van der Waals surface area contributed by atoms with Crippen molar-refractivity contribution in [1.29, 1.82) is 0 Å². The van der Waals surface area contributed by atoms with Crippen LogP contribution < -0.4 is 10.6 Å². The van der Waals surface area contributed by atoms with Gasteiger partial charge in [-0.15, -0.1) is 0 Å². The first-order valence-electron chi connectivity index (χ1n) is 6.20. The van der Waals surface area contributed by atoms with Crippen molar-refractivity contribution in [2.24, 2.45) is 0 Å². The Hall–Kier alpha value is -0.930. The molecule has 1 fully saturated rings. The second kappa shape index (κ2) is 5.97. The fraction of sp³-hybridized carbons (Fsp3) is 0.615. The first kappa shape index (κ1) is 11.6. The summed E-state index contributed by atoms with van der Waals surface area (Å²) in [6.07, 6.45) is 7.54. The molecule has 16 heavy (non-hydrogen) atoms. The summed E-state index contributed by atoms with van der Waals surface area (Å²) in [7, 11) is 0. The number of pyridine rings is 1. The molecule has 1 atom stereocenters. The zero-order chi connectivity index (χ0) is 11.2. The molecule has 2 rings (SSSR count). The van der Waals surface area contributed by atoms with Gasteiger partial charge in [0.05, 0.1) is 0 Å². The summed E-state index contributed by atoms with van der Waals surface area (Å²) in [6, 6.07) is 5.48. The molecule has 1 aromatic heterocycles. The third-order valence-electron chi connectivity index (χ3n) is 2.92. The van der Waals surface area contributed by atoms with Crippen molar-refractivity contribution in [3.8, 4) is 0 Å². The van der Waals surface area contributed by atoms with Gasteiger partial charge in [0.1, 0.15) is 0 Å². The molecule has 0 bridgehead atoms. The average molecular weight is 219 g/mol. The molecule has 3 nitrogen and oxygen atoms in total. The predicted molar refractivity (Wildman–Crippen MR) is 66.4 cm³/mol. The van der Waals surface area contributed by atoms with E-state index < -0.39 is 0 Å². The van der Waals surface area contributed by atoms with Gasteiger partial charge >= 0.3 is 0 Å². The standard InChI is InChI=1S/C13H21N3/c1-11(9-16-13-4-5-13)15-8-6-12-3-2-7-14-10-12/h2-3,7,10-11,13,15-16H,4-6,8-9H2,1H3. The van der Waals surface area contributed by atoms with Crippen LogP contribution in [0.15, 0.2) is 24.5 Å². The molecule has 1 aromatic rings. The Bertz CT molecular complexity index is 295. The highest BCUT2D eigenvalue weighted by molar-refractivity contribution is 5.08. The Morgan fingerprint density at radius 1 is 1.50 bits per heavy atom. The fourth-order valence-electron chi connectivity index (χ4n) is 1.71. The van der Waals surface area contributed by atoms with Crippen molar-refractivity contribution in [2.75, 3.05) is 13.1 Å². The molecule has 3 heteroatoms. The van der Waals surface area contributed by atoms with Crippen LogP contribution >= 0.6 is 0 Å². The molecule has 0 saturated heterocycles. The van der Waals surface area contributed by atoms with Gasteiger partial charge in [-0.25, -0.2) is 0 Å². The van der Waals surface area contributed by atoms with Gasteiger partial charge in [0.2, 0.25) is 0 Å². The van der Waals surface area contributed by atoms with E-state index in [1.807, 2.05) is 18.5 Å². The zero-order valence-electron chi connectivity index (χ0n) is 9.95. The third kappa shape index (κ3) is 4.29. The van der Waals surface area contributed by atoms with Crippen molar-refractivity contribution in [2.45, 2.75) is 38.3 Å². The van der Waals surface area contributed by atoms with E-state index in [0.29, 0.717) is 6.04 Å². The van der Waals surface area contributed by atoms with Crippen LogP contribution in [0.3, 0.4) is 0 Å². The minimum Gasteiger partial charge on any atom is -0.313 e. The van der Waals surface area contributed by atoms with Crippen LogP contribution in [0.1, 0.15) is 25.3 Å². The predicted octanol–water partition coefficient (Wildman–Crippen LogP) is 1.35. The van der Waals surface area contributed by atoms with E-state index in [1.165, 1.54) is 18.4 Å². The minimum absolute atomic E-state index is 0.553. The highest BCUT2D eigenvalue weighted by Gasteiger charge is 2.20. The third-order valence-corrected chi connectivity index (χ3v) is 2.92. The van der Waals surface area contributed by atoms with E-state index in [1.54, 1.807) is 0 Å². The first-order chi connectivity index (χ1) is 7.84. The van der Waals surface area contributed by atoms with Crippen LogP contribution in [0.5, 0.6) is 0 Å². The first-order valence-corrected chi connectivity index (χ1v) is 6.20. The van der Waals surface area contributed by atoms with Gasteiger partial charge in [0.15, 0.2) is 0 Å². The maximum Gasteiger partial charge on any atom is 0.0300 e. The summed E-state index contributed by atoms with van der Waals surface area (Å²) in [5, 5.41) is 7.05. The van der Waals surface area contributed by atoms with Gasteiger partial charge in [-0.1, -0.05) is 6.07 Å². The minimum atomic E-state index is 0.553. The molecule has 1 unspecified atom stereocenters. The number of nitrogens with one attached hydrogen (secondary N) is 2. The van der Waals surface area contributed by atoms with Gasteiger partial charge < -0.3 is 10.6 Å². The highest BCUT2D eigenvalue weighted by Crippen LogP contribution is 2.18. The molecule has 0 radical (unpaired) electrons. The maximum atomic E-state index is 4.11. The van der Waals surface area contributed by atoms with E-state index in [4.69, 9.17) is 0 Å². The summed E-state index contributed by atoms with van der Waals surface area (Å²) in [5.74, 6) is 0. The molecule has 88 valence electrons. The molecule has 2 N–H and O–H groups in total. The summed E-state index contributed by atoms with van der Waals surface area (Å²) in [4.78, 5) is 4.11. The van der Waals surface area contributed by atoms with Crippen molar-refractivity contribution in [3.63, 3.8) is 0 Å². The zero-order valence-corrected chi connectivity index (χ0v) is 9.95. The van der Waals surface area contributed by atoms with Gasteiger partial charge in [-0.05, 0) is 44.4 Å². The average Bonchev–Trinajstić information content (AvgIpc) is 3.12. The SMILES string of the molecule is CC(CNC1CC1)NCCc1cccnc1. The lowest BCUT2D eigenvalue weighted by molar-refractivity contribution is 0.503. The van der Waals surface area contributed by atoms with Crippen LogP contribution in [0, 0.1) is 0 Å². The molecule has 1 saturated carbocycles. The lowest BCUT2D eigenvalue weighted by Gasteiger charge is -2.14. The number of rotatable bonds is 7. The highest BCUT2D eigenvalue weighted by atomic mass is 15.0. The molecule has 0 aromatic carbocycles. The summed E-state index contributed by atoms with van der Waals surface area (Å²) in [5.41, 5.74) is 1.30. The molecule has 0 amide bonds. The fourth-order valence-corrected chi connectivity index (χ4v) is 1.71. The smallest absolute Gasteiger partial charge is 0.0300 e. The van der Waals surface area contributed by atoms with Crippen molar-refractivity contribution in [3.05, 3.63) is 30.1 Å². The molecule has 0 spiro atoms. The molecule has 1 aliphatic rings. The molecule has 1 heterocycles. The van der Waals surface area contributed by atoms with Crippen molar-refractivity contribution in [1.82, 2.24) is 15.6 Å². The molecular formula is C13H21N3. The second-order valence-electron chi connectivity index (χ2n) is 4.65. The Morgan fingerprint density at radius 3 is 3.06 bits per heavy atom. The molecular weight excluding hydrogens is 198 g/mol. The number of nitrogens with zero attached hydrogens (tertiary/aromatic N) is 1. The van der Waals surface area contributed by atoms with Crippen LogP contribution in [0.2, 0.25) is 0 Å². The molecule has 0 aliphatic heterocycles. The Balaban J connectivity index is 1.56. The summed E-state index contributed by atoms with van der Waals surface area (Å²) < 4.78 is 0. The van der Waals surface area contributed by atoms with E-state index in [0.717, 1.165) is 25.6 Å². The van der Waals surface area contributed by atoms with Crippen molar-refractivity contribution < 1.29 is 0 Å². The Labute approximate surface area is 97.7 Å². The topological polar surface area (TPSA) is 37.0 Å². The summed E-state index contributed by atoms with van der Waals surface area (Å²) in [6.45, 7) is 4.34. The number of hydrogen-bond acceptors (Lipinski definition) is 3. The van der Waals surface area contributed by atoms with E-state index in [2.05, 4.69) is 28.6 Å². The Morgan fingerprint density at radius 2 is 2.38 bits per heavy atom. The van der Waals surface area contributed by atoms with Crippen LogP contribution in [-0.4, -0.2) is 30.2 Å². The van der Waals surface area contributed by atoms with Gasteiger partial charge in [-0.3, -0.25) is 4.98 Å². The van der Waals surface area contributed by atoms with Crippen LogP contribution in [-0.2, 0) is 6.42 Å². The van der Waals surface area contributed by atoms with Gasteiger partial charge in [-0.2, -0.15) is 0 Å². The number of hydrogen-bond donors (Lipinski definition) is 2. The van der Waals surface area contributed by atoms with Gasteiger partial charge in [0.25, 0.3) is 0 Å². The number of aromatic nitrogens is 1. The maximum absolute atomic E-state index is 4.11. The van der Waals surface area contributed by atoms with Crippen LogP contribution in [0.25, 0.3) is 0 Å². The largest absolute Gasteiger partial charge is 0.313 e. The quantitative estimate of drug-likeness (QED) is 0.727. The monoisotopic (exact) mass is 219 g/mol. The Kier molecular flexibility index (Phi) is 4.31. The lowest BCUT2D eigenvalue weighted by Crippen LogP contribution is -2.38. The summed E-state index contributed by atoms with van der Waals surface area (Å²) >= 11 is 0. The van der Waals surface area contributed by atoms with E-state index in [-0.39, 0.29) is 0 Å². The van der Waals surface area contributed by atoms with Gasteiger partial charge in [0, 0.05) is 31.0 Å². The van der Waals surface area contributed by atoms with Crippen molar-refractivity contribution >= 4 is 0 Å². The normalized spacial score (nSPS) is 17.3. The lowest BCUT2D eigenvalue weighted by atomic mass is 10.2.